The molecule has 0 heterocycles. The number of aryl methyl sites for hydroxylation is 1. The van der Waals surface area contributed by atoms with Gasteiger partial charge in [-0.2, -0.15) is 20.2 Å². The number of amides is 1. The average Bonchev–Trinajstić information content (AvgIpc) is 2.98. The summed E-state index contributed by atoms with van der Waals surface area (Å²) in [7, 11) is -2.16. The molecule has 3 aromatic rings. The standard InChI is InChI=1S/C33H43NO6S2/c1-33(2,3)25-40-42(36,37)22-21-30(34-32(35)39-23-27-13-9-6-10-14-27)31(20-17-26-11-7-5-8-12-26)41-24-28-15-18-29(38-4)19-16-28/h5-16,18-19,30-31H,17,20-25H2,1-4H3,(H,34,35)/t30-,31+/m0/s1. The number of hydrogen-bond acceptors (Lipinski definition) is 7. The molecule has 0 unspecified atom stereocenters. The Kier molecular flexibility index (Phi) is 13.2. The van der Waals surface area contributed by atoms with Gasteiger partial charge in [0.05, 0.1) is 19.5 Å². The highest BCUT2D eigenvalue weighted by molar-refractivity contribution is 7.99. The highest BCUT2D eigenvalue weighted by Crippen LogP contribution is 2.28. The Labute approximate surface area is 255 Å². The summed E-state index contributed by atoms with van der Waals surface area (Å²) in [6, 6.07) is 27.0. The van der Waals surface area contributed by atoms with Gasteiger partial charge in [-0.1, -0.05) is 93.6 Å². The minimum absolute atomic E-state index is 0.0885. The molecule has 0 aliphatic carbocycles. The Bertz CT molecular complexity index is 1310. The second kappa shape index (κ2) is 16.6. The van der Waals surface area contributed by atoms with Gasteiger partial charge in [0.25, 0.3) is 10.1 Å². The Morgan fingerprint density at radius 2 is 1.48 bits per heavy atom. The maximum atomic E-state index is 13.0. The van der Waals surface area contributed by atoms with Crippen LogP contribution in [0.25, 0.3) is 0 Å². The summed E-state index contributed by atoms with van der Waals surface area (Å²) in [5.41, 5.74) is 2.87. The van der Waals surface area contributed by atoms with E-state index in [1.165, 1.54) is 5.56 Å². The normalized spacial score (nSPS) is 13.2. The van der Waals surface area contributed by atoms with E-state index in [4.69, 9.17) is 13.7 Å². The molecular formula is C33H43NO6S2. The summed E-state index contributed by atoms with van der Waals surface area (Å²) in [5, 5.41) is 2.91. The molecule has 0 aliphatic rings. The number of hydrogen-bond donors (Lipinski definition) is 1. The zero-order valence-corrected chi connectivity index (χ0v) is 26.6. The van der Waals surface area contributed by atoms with Crippen molar-refractivity contribution < 1.29 is 26.9 Å². The fourth-order valence-corrected chi connectivity index (χ4v) is 6.66. The largest absolute Gasteiger partial charge is 0.497 e. The monoisotopic (exact) mass is 613 g/mol. The second-order valence-electron chi connectivity index (χ2n) is 11.4. The SMILES string of the molecule is COc1ccc(CS[C@H](CCc2ccccc2)[C@H](CCS(=O)(=O)OCC(C)(C)C)NC(=O)OCc2ccccc2)cc1. The molecule has 9 heteroatoms. The minimum atomic E-state index is -3.79. The fraction of sp³-hybridized carbons (Fsp3) is 0.424. The summed E-state index contributed by atoms with van der Waals surface area (Å²) < 4.78 is 41.8. The number of carbonyl (C=O) groups excluding carboxylic acids is 1. The summed E-state index contributed by atoms with van der Waals surface area (Å²) >= 11 is 1.69. The highest BCUT2D eigenvalue weighted by Gasteiger charge is 2.28. The third kappa shape index (κ3) is 12.9. The molecule has 1 N–H and O–H groups in total. The molecule has 0 saturated carbocycles. The lowest BCUT2D eigenvalue weighted by molar-refractivity contribution is 0.135. The van der Waals surface area contributed by atoms with Crippen LogP contribution in [0.4, 0.5) is 4.79 Å². The van der Waals surface area contributed by atoms with Gasteiger partial charge >= 0.3 is 6.09 Å². The first-order valence-corrected chi connectivity index (χ1v) is 16.8. The van der Waals surface area contributed by atoms with E-state index < -0.39 is 22.3 Å². The fourth-order valence-electron chi connectivity index (χ4n) is 4.14. The van der Waals surface area contributed by atoms with E-state index in [9.17, 15) is 13.2 Å². The van der Waals surface area contributed by atoms with Gasteiger partial charge in [-0.25, -0.2) is 4.79 Å². The molecule has 0 radical (unpaired) electrons. The van der Waals surface area contributed by atoms with Gasteiger partial charge < -0.3 is 14.8 Å². The van der Waals surface area contributed by atoms with E-state index in [1.807, 2.05) is 93.6 Å². The molecule has 1 amide bonds. The van der Waals surface area contributed by atoms with Crippen LogP contribution in [-0.4, -0.2) is 45.3 Å². The van der Waals surface area contributed by atoms with Gasteiger partial charge in [0.1, 0.15) is 12.4 Å². The third-order valence-corrected chi connectivity index (χ3v) is 9.20. The van der Waals surface area contributed by atoms with Gasteiger partial charge in [-0.3, -0.25) is 4.18 Å². The van der Waals surface area contributed by atoms with Crippen LogP contribution in [0.2, 0.25) is 0 Å². The zero-order valence-electron chi connectivity index (χ0n) is 25.0. The first kappa shape index (κ1) is 33.5. The molecule has 0 spiro atoms. The lowest BCUT2D eigenvalue weighted by Gasteiger charge is -2.28. The first-order chi connectivity index (χ1) is 20.0. The van der Waals surface area contributed by atoms with E-state index in [0.717, 1.165) is 29.7 Å². The molecule has 0 bridgehead atoms. The molecule has 0 aliphatic heterocycles. The summed E-state index contributed by atoms with van der Waals surface area (Å²) in [4.78, 5) is 13.0. The van der Waals surface area contributed by atoms with Crippen molar-refractivity contribution in [3.63, 3.8) is 0 Å². The number of methoxy groups -OCH3 is 1. The number of ether oxygens (including phenoxy) is 2. The lowest BCUT2D eigenvalue weighted by atomic mass is 9.99. The molecule has 0 fully saturated rings. The molecule has 3 rings (SSSR count). The quantitative estimate of drug-likeness (QED) is 0.174. The van der Waals surface area contributed by atoms with Crippen molar-refractivity contribution in [3.8, 4) is 5.75 Å². The molecule has 42 heavy (non-hydrogen) atoms. The van der Waals surface area contributed by atoms with Crippen LogP contribution >= 0.6 is 11.8 Å². The van der Waals surface area contributed by atoms with Crippen LogP contribution in [0.3, 0.4) is 0 Å². The lowest BCUT2D eigenvalue weighted by Crippen LogP contribution is -2.43. The van der Waals surface area contributed by atoms with E-state index in [1.54, 1.807) is 18.9 Å². The first-order valence-electron chi connectivity index (χ1n) is 14.2. The maximum Gasteiger partial charge on any atom is 0.407 e. The van der Waals surface area contributed by atoms with Crippen LogP contribution in [0.5, 0.6) is 5.75 Å². The van der Waals surface area contributed by atoms with Crippen LogP contribution < -0.4 is 10.1 Å². The van der Waals surface area contributed by atoms with Crippen molar-refractivity contribution in [1.29, 1.82) is 0 Å². The van der Waals surface area contributed by atoms with E-state index in [0.29, 0.717) is 5.75 Å². The molecule has 2 atom stereocenters. The molecular weight excluding hydrogens is 570 g/mol. The number of benzene rings is 3. The van der Waals surface area contributed by atoms with E-state index in [-0.39, 0.29) is 36.1 Å². The van der Waals surface area contributed by atoms with Crippen molar-refractivity contribution in [2.45, 2.75) is 63.7 Å². The highest BCUT2D eigenvalue weighted by atomic mass is 32.2. The predicted octanol–water partition coefficient (Wildman–Crippen LogP) is 7.01. The topological polar surface area (TPSA) is 90.9 Å². The van der Waals surface area contributed by atoms with Gasteiger partial charge in [0, 0.05) is 17.0 Å². The van der Waals surface area contributed by atoms with E-state index >= 15 is 0 Å². The summed E-state index contributed by atoms with van der Waals surface area (Å²) in [6.07, 6.45) is 1.14. The molecule has 0 saturated heterocycles. The Balaban J connectivity index is 1.77. The summed E-state index contributed by atoms with van der Waals surface area (Å²) in [6.45, 7) is 5.98. The van der Waals surface area contributed by atoms with Crippen molar-refractivity contribution in [2.75, 3.05) is 19.5 Å². The van der Waals surface area contributed by atoms with Crippen molar-refractivity contribution in [1.82, 2.24) is 5.32 Å². The number of thioether (sulfide) groups is 1. The maximum absolute atomic E-state index is 13.0. The van der Waals surface area contributed by atoms with Crippen LogP contribution in [0, 0.1) is 5.41 Å². The Morgan fingerprint density at radius 1 is 0.857 bits per heavy atom. The minimum Gasteiger partial charge on any atom is -0.497 e. The predicted molar refractivity (Wildman–Crippen MR) is 170 cm³/mol. The molecule has 228 valence electrons. The number of carbonyl (C=O) groups is 1. The number of nitrogens with one attached hydrogen (secondary N) is 1. The van der Waals surface area contributed by atoms with Gasteiger partial charge in [-0.15, -0.1) is 0 Å². The van der Waals surface area contributed by atoms with Crippen molar-refractivity contribution in [2.24, 2.45) is 5.41 Å². The van der Waals surface area contributed by atoms with Crippen LogP contribution in [0.1, 0.15) is 50.3 Å². The van der Waals surface area contributed by atoms with Crippen LogP contribution in [0.15, 0.2) is 84.9 Å². The third-order valence-electron chi connectivity index (χ3n) is 6.50. The zero-order chi connectivity index (χ0) is 30.4. The smallest absolute Gasteiger partial charge is 0.407 e. The van der Waals surface area contributed by atoms with E-state index in [2.05, 4.69) is 17.4 Å². The Morgan fingerprint density at radius 3 is 2.07 bits per heavy atom. The van der Waals surface area contributed by atoms with Crippen molar-refractivity contribution >= 4 is 28.0 Å². The second-order valence-corrected chi connectivity index (χ2v) is 14.4. The molecule has 3 aromatic carbocycles. The van der Waals surface area contributed by atoms with Gasteiger partial charge in [0.2, 0.25) is 0 Å². The Hall–Kier alpha value is -3.01. The number of rotatable bonds is 16. The van der Waals surface area contributed by atoms with Crippen molar-refractivity contribution in [3.05, 3.63) is 102 Å². The van der Waals surface area contributed by atoms with Gasteiger partial charge in [0.15, 0.2) is 0 Å². The summed E-state index contributed by atoms with van der Waals surface area (Å²) in [5.74, 6) is 1.26. The molecule has 7 nitrogen and oxygen atoms in total. The van der Waals surface area contributed by atoms with Crippen LogP contribution in [-0.2, 0) is 37.8 Å². The molecule has 0 aromatic heterocycles. The number of alkyl carbamates (subject to hydrolysis) is 1. The average molecular weight is 614 g/mol. The van der Waals surface area contributed by atoms with Gasteiger partial charge in [-0.05, 0) is 53.5 Å².